The second kappa shape index (κ2) is 3.59. The zero-order valence-electron chi connectivity index (χ0n) is 6.57. The van der Waals surface area contributed by atoms with E-state index in [1.807, 2.05) is 0 Å². The van der Waals surface area contributed by atoms with Crippen molar-refractivity contribution in [2.75, 3.05) is 7.11 Å². The van der Waals surface area contributed by atoms with E-state index in [-0.39, 0.29) is 0 Å². The van der Waals surface area contributed by atoms with Crippen molar-refractivity contribution in [1.29, 1.82) is 0 Å². The summed E-state index contributed by atoms with van der Waals surface area (Å²) in [6.45, 7) is 6.31. The molecule has 0 aromatic heterocycles. The van der Waals surface area contributed by atoms with Gasteiger partial charge >= 0.3 is 0 Å². The fourth-order valence-electron chi connectivity index (χ4n) is 0.932. The Morgan fingerprint density at radius 3 is 2.00 bits per heavy atom. The predicted molar refractivity (Wildman–Crippen MR) is 44.4 cm³/mol. The van der Waals surface area contributed by atoms with Crippen molar-refractivity contribution in [3.05, 3.63) is 0 Å². The molecule has 0 radical (unpaired) electrons. The smallest absolute Gasteiger partial charge is 0.180 e. The van der Waals surface area contributed by atoms with Crippen molar-refractivity contribution in [1.82, 2.24) is 0 Å². The highest BCUT2D eigenvalue weighted by atomic mass is 35.6. The Bertz CT molecular complexity index is 75.6. The fraction of sp³-hybridized carbons (Fsp3) is 1.00. The molecule has 0 amide bonds. The first-order valence-corrected chi connectivity index (χ1v) is 7.33. The minimum Gasteiger partial charge on any atom is -0.383 e. The summed E-state index contributed by atoms with van der Waals surface area (Å²) in [6, 6.07) is 0. The number of rotatable bonds is 3. The molecule has 0 bridgehead atoms. The molecule has 0 fully saturated rings. The van der Waals surface area contributed by atoms with Crippen LogP contribution in [-0.4, -0.2) is 20.2 Å². The molecule has 0 saturated carbocycles. The molecule has 0 aliphatic rings. The van der Waals surface area contributed by atoms with E-state index in [9.17, 15) is 0 Å². The van der Waals surface area contributed by atoms with Crippen LogP contribution in [0.1, 0.15) is 13.3 Å². The van der Waals surface area contributed by atoms with E-state index >= 15 is 0 Å². The zero-order valence-corrected chi connectivity index (χ0v) is 8.33. The highest BCUT2D eigenvalue weighted by Gasteiger charge is 2.27. The van der Waals surface area contributed by atoms with Gasteiger partial charge in [0.1, 0.15) is 0 Å². The molecule has 0 heterocycles. The lowest BCUT2D eigenvalue weighted by Gasteiger charge is -2.22. The molecule has 56 valence electrons. The van der Waals surface area contributed by atoms with E-state index < -0.39 is 7.38 Å². The molecule has 0 saturated heterocycles. The maximum atomic E-state index is 6.11. The Labute approximate surface area is 63.1 Å². The molecule has 0 rings (SSSR count). The van der Waals surface area contributed by atoms with E-state index in [0.29, 0.717) is 5.73 Å². The van der Waals surface area contributed by atoms with E-state index in [1.165, 1.54) is 0 Å². The molecular formula is C6H15ClOSi. The number of ether oxygens (including phenoxy) is 1. The van der Waals surface area contributed by atoms with Crippen molar-refractivity contribution in [3.63, 3.8) is 0 Å². The Balaban J connectivity index is 3.79. The quantitative estimate of drug-likeness (QED) is 0.462. The van der Waals surface area contributed by atoms with Crippen LogP contribution in [0.15, 0.2) is 0 Å². The molecule has 0 aliphatic carbocycles. The van der Waals surface area contributed by atoms with Gasteiger partial charge in [-0.25, -0.2) is 0 Å². The van der Waals surface area contributed by atoms with Gasteiger partial charge in [0.25, 0.3) is 0 Å². The minimum atomic E-state index is -1.54. The molecule has 3 heteroatoms. The topological polar surface area (TPSA) is 9.23 Å². The van der Waals surface area contributed by atoms with Gasteiger partial charge in [-0.2, -0.15) is 11.1 Å². The molecule has 0 aromatic carbocycles. The van der Waals surface area contributed by atoms with Crippen molar-refractivity contribution in [2.45, 2.75) is 32.2 Å². The third-order valence-electron chi connectivity index (χ3n) is 1.42. The molecule has 0 spiro atoms. The first-order chi connectivity index (χ1) is 4.02. The lowest BCUT2D eigenvalue weighted by atomic mass is 10.5. The second-order valence-corrected chi connectivity index (χ2v) is 9.39. The lowest BCUT2D eigenvalue weighted by Crippen LogP contribution is -2.36. The third kappa shape index (κ3) is 3.23. The first kappa shape index (κ1) is 9.47. The molecule has 1 nitrogen and oxygen atoms in total. The molecule has 0 aromatic rings. The van der Waals surface area contributed by atoms with Crippen LogP contribution in [-0.2, 0) is 4.74 Å². The second-order valence-electron chi connectivity index (χ2n) is 2.70. The zero-order chi connectivity index (χ0) is 7.49. The van der Waals surface area contributed by atoms with Crippen molar-refractivity contribution >= 4 is 18.5 Å². The molecular weight excluding hydrogens is 152 g/mol. The maximum Gasteiger partial charge on any atom is 0.180 e. The molecule has 9 heavy (non-hydrogen) atoms. The Kier molecular flexibility index (Phi) is 3.78. The average molecular weight is 167 g/mol. The summed E-state index contributed by atoms with van der Waals surface area (Å²) < 4.78 is 5.19. The fourth-order valence-corrected chi connectivity index (χ4v) is 3.19. The third-order valence-corrected chi connectivity index (χ3v) is 4.33. The number of halogens is 1. The van der Waals surface area contributed by atoms with Gasteiger partial charge in [0.15, 0.2) is 7.38 Å². The van der Waals surface area contributed by atoms with Gasteiger partial charge in [0.2, 0.25) is 0 Å². The summed E-state index contributed by atoms with van der Waals surface area (Å²) in [7, 11) is 0.191. The van der Waals surface area contributed by atoms with Crippen LogP contribution in [0.5, 0.6) is 0 Å². The van der Waals surface area contributed by atoms with Crippen LogP contribution in [0.4, 0.5) is 0 Å². The number of hydrogen-bond acceptors (Lipinski definition) is 1. The average Bonchev–Trinajstić information content (AvgIpc) is 1.65. The van der Waals surface area contributed by atoms with E-state index in [1.54, 1.807) is 7.11 Å². The van der Waals surface area contributed by atoms with Gasteiger partial charge < -0.3 is 4.74 Å². The molecule has 1 atom stereocenters. The van der Waals surface area contributed by atoms with Crippen LogP contribution >= 0.6 is 11.1 Å². The van der Waals surface area contributed by atoms with Gasteiger partial charge in [-0.05, 0) is 6.42 Å². The lowest BCUT2D eigenvalue weighted by molar-refractivity contribution is 0.157. The first-order valence-electron chi connectivity index (χ1n) is 3.24. The van der Waals surface area contributed by atoms with Crippen LogP contribution in [0.3, 0.4) is 0 Å². The summed E-state index contributed by atoms with van der Waals surface area (Å²) in [6.07, 6.45) is 1.03. The monoisotopic (exact) mass is 166 g/mol. The van der Waals surface area contributed by atoms with Gasteiger partial charge in [-0.1, -0.05) is 20.0 Å². The number of hydrogen-bond donors (Lipinski definition) is 0. The summed E-state index contributed by atoms with van der Waals surface area (Å²) in [4.78, 5) is 0. The summed E-state index contributed by atoms with van der Waals surface area (Å²) in [5, 5.41) is 0. The van der Waals surface area contributed by atoms with Crippen molar-refractivity contribution < 1.29 is 4.74 Å². The van der Waals surface area contributed by atoms with Gasteiger partial charge in [0, 0.05) is 7.11 Å². The SMILES string of the molecule is CCC(OC)[Si](C)(C)Cl. The van der Waals surface area contributed by atoms with Crippen LogP contribution in [0, 0.1) is 0 Å². The highest BCUT2D eigenvalue weighted by molar-refractivity contribution is 7.19. The number of methoxy groups -OCH3 is 1. The Hall–Kier alpha value is 0.467. The molecule has 0 N–H and O–H groups in total. The van der Waals surface area contributed by atoms with E-state index in [2.05, 4.69) is 20.0 Å². The van der Waals surface area contributed by atoms with Crippen LogP contribution in [0.2, 0.25) is 13.1 Å². The predicted octanol–water partition coefficient (Wildman–Crippen LogP) is 2.39. The van der Waals surface area contributed by atoms with Crippen molar-refractivity contribution in [3.8, 4) is 0 Å². The van der Waals surface area contributed by atoms with Gasteiger partial charge in [-0.3, -0.25) is 0 Å². The highest BCUT2D eigenvalue weighted by Crippen LogP contribution is 2.17. The molecule has 0 aliphatic heterocycles. The summed E-state index contributed by atoms with van der Waals surface area (Å²) in [5.74, 6) is 0. The van der Waals surface area contributed by atoms with E-state index in [4.69, 9.17) is 15.8 Å². The van der Waals surface area contributed by atoms with Gasteiger partial charge in [0.05, 0.1) is 5.73 Å². The van der Waals surface area contributed by atoms with Crippen LogP contribution in [0.25, 0.3) is 0 Å². The van der Waals surface area contributed by atoms with Gasteiger partial charge in [-0.15, -0.1) is 0 Å². The Morgan fingerprint density at radius 2 is 2.00 bits per heavy atom. The minimum absolute atomic E-state index is 0.305. The van der Waals surface area contributed by atoms with E-state index in [0.717, 1.165) is 6.42 Å². The van der Waals surface area contributed by atoms with Crippen molar-refractivity contribution in [2.24, 2.45) is 0 Å². The largest absolute Gasteiger partial charge is 0.383 e. The summed E-state index contributed by atoms with van der Waals surface area (Å²) in [5.41, 5.74) is 0.305. The van der Waals surface area contributed by atoms with Crippen LogP contribution < -0.4 is 0 Å². The Morgan fingerprint density at radius 1 is 1.56 bits per heavy atom. The maximum absolute atomic E-state index is 6.11. The summed E-state index contributed by atoms with van der Waals surface area (Å²) >= 11 is 6.11. The normalized spacial score (nSPS) is 15.7. The molecule has 1 unspecified atom stereocenters. The standard InChI is InChI=1S/C6H15ClOSi/c1-5-6(8-2)9(3,4)7/h6H,5H2,1-4H3.